The molecular formula is C16H20ClFN4. The van der Waals surface area contributed by atoms with Crippen molar-refractivity contribution in [2.45, 2.75) is 20.0 Å². The predicted octanol–water partition coefficient (Wildman–Crippen LogP) is 3.04. The van der Waals surface area contributed by atoms with Crippen LogP contribution in [0.25, 0.3) is 0 Å². The number of hydrogen-bond acceptors (Lipinski definition) is 1. The number of aromatic nitrogens is 1. The van der Waals surface area contributed by atoms with Crippen molar-refractivity contribution in [1.82, 2.24) is 15.2 Å². The highest BCUT2D eigenvalue weighted by Gasteiger charge is 2.01. The average molecular weight is 323 g/mol. The summed E-state index contributed by atoms with van der Waals surface area (Å²) in [6.45, 7) is 4.86. The lowest BCUT2D eigenvalue weighted by Gasteiger charge is -2.11. The second-order valence-electron chi connectivity index (χ2n) is 4.79. The second kappa shape index (κ2) is 8.44. The molecule has 0 radical (unpaired) electrons. The van der Waals surface area contributed by atoms with Gasteiger partial charge in [-0.2, -0.15) is 0 Å². The smallest absolute Gasteiger partial charge is 0.191 e. The van der Waals surface area contributed by atoms with Crippen LogP contribution in [0.1, 0.15) is 12.5 Å². The summed E-state index contributed by atoms with van der Waals surface area (Å²) in [5.41, 5.74) is 0.869. The van der Waals surface area contributed by atoms with E-state index in [1.807, 2.05) is 31.5 Å². The van der Waals surface area contributed by atoms with E-state index in [0.29, 0.717) is 6.54 Å². The van der Waals surface area contributed by atoms with Gasteiger partial charge >= 0.3 is 0 Å². The summed E-state index contributed by atoms with van der Waals surface area (Å²) < 4.78 is 15.2. The fraction of sp³-hybridized carbons (Fsp3) is 0.312. The Balaban J connectivity index is 1.89. The Morgan fingerprint density at radius 2 is 2.05 bits per heavy atom. The molecule has 0 aliphatic rings. The molecular weight excluding hydrogens is 303 g/mol. The first-order chi connectivity index (χ1) is 10.7. The van der Waals surface area contributed by atoms with Gasteiger partial charge in [0.05, 0.1) is 11.6 Å². The maximum atomic E-state index is 13.1. The number of aliphatic imine (C=N–C) groups is 1. The van der Waals surface area contributed by atoms with E-state index in [1.54, 1.807) is 12.1 Å². The molecule has 2 aromatic rings. The van der Waals surface area contributed by atoms with Gasteiger partial charge in [-0.15, -0.1) is 0 Å². The molecule has 2 N–H and O–H groups in total. The zero-order chi connectivity index (χ0) is 15.8. The normalized spacial score (nSPS) is 11.5. The highest BCUT2D eigenvalue weighted by atomic mass is 35.5. The average Bonchev–Trinajstić information content (AvgIpc) is 3.01. The molecule has 0 atom stereocenters. The number of guanidine groups is 1. The lowest BCUT2D eigenvalue weighted by atomic mass is 10.2. The quantitative estimate of drug-likeness (QED) is 0.634. The molecule has 1 heterocycles. The summed E-state index contributed by atoms with van der Waals surface area (Å²) in [6, 6.07) is 8.65. The largest absolute Gasteiger partial charge is 0.357 e. The molecule has 0 bridgehead atoms. The van der Waals surface area contributed by atoms with E-state index in [2.05, 4.69) is 20.2 Å². The van der Waals surface area contributed by atoms with E-state index in [0.717, 1.165) is 31.2 Å². The van der Waals surface area contributed by atoms with Crippen molar-refractivity contribution in [3.63, 3.8) is 0 Å². The molecule has 4 nitrogen and oxygen atoms in total. The molecule has 1 aromatic carbocycles. The van der Waals surface area contributed by atoms with Gasteiger partial charge in [0, 0.05) is 32.0 Å². The van der Waals surface area contributed by atoms with E-state index in [1.165, 1.54) is 6.07 Å². The third-order valence-corrected chi connectivity index (χ3v) is 3.37. The van der Waals surface area contributed by atoms with Crippen LogP contribution < -0.4 is 10.6 Å². The van der Waals surface area contributed by atoms with Gasteiger partial charge in [-0.3, -0.25) is 0 Å². The molecule has 0 amide bonds. The molecule has 6 heteroatoms. The van der Waals surface area contributed by atoms with Crippen LogP contribution in [0.3, 0.4) is 0 Å². The summed E-state index contributed by atoms with van der Waals surface area (Å²) in [6.07, 6.45) is 4.04. The Labute approximate surface area is 135 Å². The number of nitrogens with zero attached hydrogens (tertiary/aromatic N) is 2. The van der Waals surface area contributed by atoms with Crippen molar-refractivity contribution < 1.29 is 4.39 Å². The molecule has 0 saturated carbocycles. The van der Waals surface area contributed by atoms with E-state index in [-0.39, 0.29) is 5.02 Å². The van der Waals surface area contributed by atoms with Gasteiger partial charge in [0.1, 0.15) is 5.82 Å². The zero-order valence-electron chi connectivity index (χ0n) is 12.5. The van der Waals surface area contributed by atoms with Crippen LogP contribution in [0.15, 0.2) is 47.7 Å². The van der Waals surface area contributed by atoms with E-state index in [4.69, 9.17) is 11.6 Å². The molecule has 22 heavy (non-hydrogen) atoms. The van der Waals surface area contributed by atoms with E-state index in [9.17, 15) is 4.39 Å². The fourth-order valence-electron chi connectivity index (χ4n) is 1.97. The second-order valence-corrected chi connectivity index (χ2v) is 5.20. The maximum absolute atomic E-state index is 13.1. The van der Waals surface area contributed by atoms with Gasteiger partial charge in [-0.05, 0) is 36.8 Å². The van der Waals surface area contributed by atoms with E-state index < -0.39 is 5.82 Å². The van der Waals surface area contributed by atoms with Crippen LogP contribution in [0.4, 0.5) is 4.39 Å². The van der Waals surface area contributed by atoms with E-state index >= 15 is 0 Å². The SMILES string of the molecule is CCNC(=NCc1ccc(F)c(Cl)c1)NCCn1cccc1. The van der Waals surface area contributed by atoms with Gasteiger partial charge in [-0.1, -0.05) is 17.7 Å². The van der Waals surface area contributed by atoms with Crippen LogP contribution in [-0.4, -0.2) is 23.6 Å². The third kappa shape index (κ3) is 5.07. The third-order valence-electron chi connectivity index (χ3n) is 3.08. The topological polar surface area (TPSA) is 41.4 Å². The van der Waals surface area contributed by atoms with Crippen molar-refractivity contribution in [1.29, 1.82) is 0 Å². The molecule has 118 valence electrons. The predicted molar refractivity (Wildman–Crippen MR) is 88.7 cm³/mol. The maximum Gasteiger partial charge on any atom is 0.191 e. The minimum Gasteiger partial charge on any atom is -0.357 e. The number of hydrogen-bond donors (Lipinski definition) is 2. The minimum absolute atomic E-state index is 0.123. The van der Waals surface area contributed by atoms with Crippen LogP contribution >= 0.6 is 11.6 Å². The van der Waals surface area contributed by atoms with Gasteiger partial charge in [0.25, 0.3) is 0 Å². The van der Waals surface area contributed by atoms with Crippen molar-refractivity contribution in [3.05, 3.63) is 59.1 Å². The van der Waals surface area contributed by atoms with Gasteiger partial charge in [0.2, 0.25) is 0 Å². The van der Waals surface area contributed by atoms with Crippen LogP contribution in [0.2, 0.25) is 5.02 Å². The standard InChI is InChI=1S/C16H20ClFN4/c1-2-19-16(20-7-10-22-8-3-4-9-22)21-12-13-5-6-15(18)14(17)11-13/h3-6,8-9,11H,2,7,10,12H2,1H3,(H2,19,20,21). The van der Waals surface area contributed by atoms with Crippen molar-refractivity contribution in [2.75, 3.05) is 13.1 Å². The van der Waals surface area contributed by atoms with Gasteiger partial charge in [0.15, 0.2) is 5.96 Å². The first kappa shape index (κ1) is 16.4. The molecule has 0 saturated heterocycles. The number of nitrogens with one attached hydrogen (secondary N) is 2. The fourth-order valence-corrected chi connectivity index (χ4v) is 2.18. The van der Waals surface area contributed by atoms with Crippen molar-refractivity contribution in [2.24, 2.45) is 4.99 Å². The lowest BCUT2D eigenvalue weighted by molar-refractivity contribution is 0.627. The number of rotatable bonds is 6. The Morgan fingerprint density at radius 3 is 2.73 bits per heavy atom. The Morgan fingerprint density at radius 1 is 1.27 bits per heavy atom. The first-order valence-corrected chi connectivity index (χ1v) is 7.63. The van der Waals surface area contributed by atoms with Crippen molar-refractivity contribution >= 4 is 17.6 Å². The van der Waals surface area contributed by atoms with Crippen LogP contribution in [0, 0.1) is 5.82 Å². The highest BCUT2D eigenvalue weighted by molar-refractivity contribution is 6.30. The molecule has 0 unspecified atom stereocenters. The van der Waals surface area contributed by atoms with Gasteiger partial charge in [-0.25, -0.2) is 9.38 Å². The van der Waals surface area contributed by atoms with Crippen LogP contribution in [0.5, 0.6) is 0 Å². The summed E-state index contributed by atoms with van der Waals surface area (Å²) in [5.74, 6) is 0.321. The number of benzene rings is 1. The minimum atomic E-state index is -0.411. The monoisotopic (exact) mass is 322 g/mol. The molecule has 0 spiro atoms. The summed E-state index contributed by atoms with van der Waals surface area (Å²) in [5, 5.41) is 6.57. The molecule has 0 aliphatic heterocycles. The summed E-state index contributed by atoms with van der Waals surface area (Å²) in [7, 11) is 0. The Kier molecular flexibility index (Phi) is 6.27. The first-order valence-electron chi connectivity index (χ1n) is 7.26. The van der Waals surface area contributed by atoms with Crippen LogP contribution in [-0.2, 0) is 13.1 Å². The Hall–Kier alpha value is -2.01. The molecule has 0 fully saturated rings. The van der Waals surface area contributed by atoms with Gasteiger partial charge < -0.3 is 15.2 Å². The molecule has 1 aromatic heterocycles. The highest BCUT2D eigenvalue weighted by Crippen LogP contribution is 2.16. The summed E-state index contributed by atoms with van der Waals surface area (Å²) >= 11 is 5.77. The van der Waals surface area contributed by atoms with Crippen molar-refractivity contribution in [3.8, 4) is 0 Å². The summed E-state index contributed by atoms with van der Waals surface area (Å²) in [4.78, 5) is 4.48. The Bertz CT molecular complexity index is 611. The zero-order valence-corrected chi connectivity index (χ0v) is 13.3. The number of halogens is 2. The molecule has 0 aliphatic carbocycles. The lowest BCUT2D eigenvalue weighted by Crippen LogP contribution is -2.38. The molecule has 2 rings (SSSR count).